The predicted octanol–water partition coefficient (Wildman–Crippen LogP) is 2.96. The van der Waals surface area contributed by atoms with E-state index in [0.717, 1.165) is 17.5 Å². The molecule has 1 aromatic carbocycles. The number of fused-ring (bicyclic) bond motifs is 2. The number of para-hydroxylation sites is 2. The minimum Gasteiger partial charge on any atom is -0.384 e. The highest BCUT2D eigenvalue weighted by molar-refractivity contribution is 6.10. The fourth-order valence-corrected chi connectivity index (χ4v) is 2.82. The van der Waals surface area contributed by atoms with Gasteiger partial charge in [0.2, 0.25) is 0 Å². The number of nitrogens with one attached hydrogen (secondary N) is 1. The van der Waals surface area contributed by atoms with Gasteiger partial charge in [0, 0.05) is 13.1 Å². The Morgan fingerprint density at radius 3 is 2.54 bits per heavy atom. The summed E-state index contributed by atoms with van der Waals surface area (Å²) in [6.07, 6.45) is 0.866. The Kier molecular flexibility index (Phi) is 4.38. The Morgan fingerprint density at radius 1 is 1.25 bits per heavy atom. The van der Waals surface area contributed by atoms with Gasteiger partial charge < -0.3 is 15.6 Å². The maximum atomic E-state index is 12.6. The lowest BCUT2D eigenvalue weighted by Crippen LogP contribution is -2.25. The van der Waals surface area contributed by atoms with Gasteiger partial charge in [-0.25, -0.2) is 9.97 Å². The molecule has 0 bridgehead atoms. The molecule has 126 valence electrons. The van der Waals surface area contributed by atoms with Crippen molar-refractivity contribution in [2.24, 2.45) is 5.92 Å². The number of hydrogen-bond donors (Lipinski definition) is 2. The molecule has 0 saturated heterocycles. The summed E-state index contributed by atoms with van der Waals surface area (Å²) < 4.78 is 1.90. The molecule has 0 aliphatic carbocycles. The Morgan fingerprint density at radius 2 is 1.92 bits per heavy atom. The third-order valence-corrected chi connectivity index (χ3v) is 3.90. The summed E-state index contributed by atoms with van der Waals surface area (Å²) in [5.74, 6) is 0.622. The molecular formula is C18H23N5O. The molecule has 0 aliphatic rings. The van der Waals surface area contributed by atoms with Crippen LogP contribution in [-0.4, -0.2) is 27.0 Å². The number of nitrogen functional groups attached to an aromatic ring is 1. The summed E-state index contributed by atoms with van der Waals surface area (Å²) in [4.78, 5) is 22.0. The minimum atomic E-state index is -0.188. The van der Waals surface area contributed by atoms with E-state index < -0.39 is 0 Å². The smallest absolute Gasteiger partial charge is 0.257 e. The number of nitrogens with zero attached hydrogens (tertiary/aromatic N) is 3. The van der Waals surface area contributed by atoms with Crippen LogP contribution in [0.15, 0.2) is 24.3 Å². The van der Waals surface area contributed by atoms with Crippen LogP contribution in [-0.2, 0) is 6.54 Å². The van der Waals surface area contributed by atoms with Gasteiger partial charge >= 0.3 is 0 Å². The quantitative estimate of drug-likeness (QED) is 0.755. The van der Waals surface area contributed by atoms with Crippen LogP contribution in [0.25, 0.3) is 22.2 Å². The number of carbonyl (C=O) groups is 1. The third-order valence-electron chi connectivity index (χ3n) is 3.90. The van der Waals surface area contributed by atoms with Crippen LogP contribution < -0.4 is 11.1 Å². The van der Waals surface area contributed by atoms with Crippen molar-refractivity contribution in [2.75, 3.05) is 12.3 Å². The molecule has 3 rings (SSSR count). The second kappa shape index (κ2) is 6.47. The summed E-state index contributed by atoms with van der Waals surface area (Å²) in [7, 11) is 0. The summed E-state index contributed by atoms with van der Waals surface area (Å²) in [5, 5.41) is 2.90. The van der Waals surface area contributed by atoms with Crippen molar-refractivity contribution in [2.45, 2.75) is 33.7 Å². The average Bonchev–Trinajstić information content (AvgIpc) is 2.82. The molecule has 2 aromatic heterocycles. The lowest BCUT2D eigenvalue weighted by atomic mass is 10.2. The zero-order valence-corrected chi connectivity index (χ0v) is 14.3. The number of hydrogen-bond acceptors (Lipinski definition) is 4. The molecule has 2 heterocycles. The van der Waals surface area contributed by atoms with Gasteiger partial charge in [-0.05, 0) is 24.5 Å². The highest BCUT2D eigenvalue weighted by Crippen LogP contribution is 2.28. The first-order valence-electron chi connectivity index (χ1n) is 8.35. The van der Waals surface area contributed by atoms with Crippen molar-refractivity contribution in [3.8, 4) is 0 Å². The first-order chi connectivity index (χ1) is 11.5. The lowest BCUT2D eigenvalue weighted by Gasteiger charge is -2.10. The highest BCUT2D eigenvalue weighted by atomic mass is 16.1. The monoisotopic (exact) mass is 325 g/mol. The number of anilines is 1. The topological polar surface area (TPSA) is 85.8 Å². The van der Waals surface area contributed by atoms with Crippen LogP contribution >= 0.6 is 0 Å². The second-order valence-electron chi connectivity index (χ2n) is 6.41. The third kappa shape index (κ3) is 2.79. The molecular weight excluding hydrogens is 302 g/mol. The van der Waals surface area contributed by atoms with E-state index in [-0.39, 0.29) is 5.91 Å². The van der Waals surface area contributed by atoms with Crippen LogP contribution in [0, 0.1) is 5.92 Å². The van der Waals surface area contributed by atoms with Gasteiger partial charge in [0.05, 0.1) is 11.0 Å². The van der Waals surface area contributed by atoms with Gasteiger partial charge in [0.1, 0.15) is 16.9 Å². The van der Waals surface area contributed by atoms with Crippen LogP contribution in [0.3, 0.4) is 0 Å². The first-order valence-corrected chi connectivity index (χ1v) is 8.35. The number of benzene rings is 1. The Labute approximate surface area is 141 Å². The van der Waals surface area contributed by atoms with Gasteiger partial charge in [0.15, 0.2) is 5.65 Å². The fraction of sp³-hybridized carbons (Fsp3) is 0.389. The van der Waals surface area contributed by atoms with E-state index in [2.05, 4.69) is 24.1 Å². The molecule has 0 radical (unpaired) electrons. The summed E-state index contributed by atoms with van der Waals surface area (Å²) >= 11 is 0. The van der Waals surface area contributed by atoms with Crippen LogP contribution in [0.2, 0.25) is 0 Å². The van der Waals surface area contributed by atoms with Crippen molar-refractivity contribution in [3.05, 3.63) is 29.8 Å². The number of aromatic nitrogens is 3. The van der Waals surface area contributed by atoms with E-state index in [1.165, 1.54) is 0 Å². The van der Waals surface area contributed by atoms with Gasteiger partial charge in [-0.3, -0.25) is 4.79 Å². The van der Waals surface area contributed by atoms with Crippen LogP contribution in [0.5, 0.6) is 0 Å². The Bertz CT molecular complexity index is 897. The van der Waals surface area contributed by atoms with E-state index >= 15 is 0 Å². The number of rotatable bonds is 5. The average molecular weight is 325 g/mol. The van der Waals surface area contributed by atoms with E-state index in [4.69, 9.17) is 10.7 Å². The molecule has 0 unspecified atom stereocenters. The van der Waals surface area contributed by atoms with Gasteiger partial charge in [0.25, 0.3) is 5.91 Å². The SMILES string of the molecule is CCCNC(=O)c1c(N)n(CC(C)C)c2nc3ccccc3nc12. The summed E-state index contributed by atoms with van der Waals surface area (Å²) in [6.45, 7) is 7.53. The number of nitrogens with two attached hydrogens (primary N) is 1. The predicted molar refractivity (Wildman–Crippen MR) is 96.9 cm³/mol. The first kappa shape index (κ1) is 16.2. The largest absolute Gasteiger partial charge is 0.384 e. The molecule has 6 nitrogen and oxygen atoms in total. The van der Waals surface area contributed by atoms with E-state index in [0.29, 0.717) is 41.6 Å². The molecule has 0 saturated carbocycles. The Hall–Kier alpha value is -2.63. The van der Waals surface area contributed by atoms with E-state index in [9.17, 15) is 4.79 Å². The summed E-state index contributed by atoms with van der Waals surface area (Å²) in [5.41, 5.74) is 9.55. The van der Waals surface area contributed by atoms with E-state index in [1.54, 1.807) is 0 Å². The maximum absolute atomic E-state index is 12.6. The Balaban J connectivity index is 2.26. The fourth-order valence-electron chi connectivity index (χ4n) is 2.82. The van der Waals surface area contributed by atoms with Crippen molar-refractivity contribution in [3.63, 3.8) is 0 Å². The van der Waals surface area contributed by atoms with Crippen molar-refractivity contribution in [1.82, 2.24) is 19.9 Å². The second-order valence-corrected chi connectivity index (χ2v) is 6.41. The van der Waals surface area contributed by atoms with Crippen molar-refractivity contribution in [1.29, 1.82) is 0 Å². The van der Waals surface area contributed by atoms with Crippen LogP contribution in [0.1, 0.15) is 37.6 Å². The minimum absolute atomic E-state index is 0.188. The molecule has 6 heteroatoms. The van der Waals surface area contributed by atoms with E-state index in [1.807, 2.05) is 35.8 Å². The zero-order valence-electron chi connectivity index (χ0n) is 14.3. The molecule has 3 aromatic rings. The van der Waals surface area contributed by atoms with Gasteiger partial charge in [-0.2, -0.15) is 0 Å². The summed E-state index contributed by atoms with van der Waals surface area (Å²) in [6, 6.07) is 7.65. The standard InChI is InChI=1S/C18H23N5O/c1-4-9-20-18(24)14-15-17(23(16(14)19)10-11(2)3)22-13-8-6-5-7-12(13)21-15/h5-8,11H,4,9-10,19H2,1-3H3,(H,20,24). The highest BCUT2D eigenvalue weighted by Gasteiger charge is 2.23. The normalized spacial score (nSPS) is 11.5. The molecule has 3 N–H and O–H groups in total. The van der Waals surface area contributed by atoms with Crippen molar-refractivity contribution >= 4 is 33.9 Å². The van der Waals surface area contributed by atoms with Gasteiger partial charge in [-0.15, -0.1) is 0 Å². The van der Waals surface area contributed by atoms with Crippen molar-refractivity contribution < 1.29 is 4.79 Å². The molecule has 1 amide bonds. The number of amides is 1. The molecule has 0 spiro atoms. The molecule has 0 aliphatic heterocycles. The van der Waals surface area contributed by atoms with Gasteiger partial charge in [-0.1, -0.05) is 32.9 Å². The molecule has 24 heavy (non-hydrogen) atoms. The lowest BCUT2D eigenvalue weighted by molar-refractivity contribution is 0.0956. The maximum Gasteiger partial charge on any atom is 0.257 e. The molecule has 0 atom stereocenters. The van der Waals surface area contributed by atoms with Crippen LogP contribution in [0.4, 0.5) is 5.82 Å². The number of carbonyl (C=O) groups excluding carboxylic acids is 1. The zero-order chi connectivity index (χ0) is 17.3. The molecule has 0 fully saturated rings.